The standard InChI is InChI=1S/C44H53FN8O3/c1-3-40-38(41(50-34-16-19-56-20-17-34)37-26-49-53(4-2)43(37)51-40)28-52(44(55)33-12-8-11-32(23-33)42(46)54)27-30-14-15-39(45)36(22-30)31-10-7-9-29(21-31)24-48-35-13-5-6-18-47-25-35/h7-12,14-15,21-23,26,34-35,47-48H,3-6,13,16-20,24-25,27-28H2,1-2H3,(H2,46,54)(H,50,51). The Morgan fingerprint density at radius 2 is 1.79 bits per heavy atom. The summed E-state index contributed by atoms with van der Waals surface area (Å²) in [5.74, 6) is -1.24. The Labute approximate surface area is 328 Å². The number of primary amides is 1. The van der Waals surface area contributed by atoms with Gasteiger partial charge in [-0.05, 0) is 98.7 Å². The quantitative estimate of drug-likeness (QED) is 0.0996. The van der Waals surface area contributed by atoms with Gasteiger partial charge in [-0.2, -0.15) is 5.10 Å². The number of hydrogen-bond acceptors (Lipinski definition) is 8. The van der Waals surface area contributed by atoms with Crippen LogP contribution in [-0.2, 0) is 37.3 Å². The van der Waals surface area contributed by atoms with Gasteiger partial charge in [-0.25, -0.2) is 14.1 Å². The van der Waals surface area contributed by atoms with E-state index in [2.05, 4.69) is 34.0 Å². The number of halogens is 1. The third-order valence-electron chi connectivity index (χ3n) is 11.0. The van der Waals surface area contributed by atoms with Crippen molar-refractivity contribution in [1.29, 1.82) is 0 Å². The molecule has 2 saturated heterocycles. The minimum atomic E-state index is -0.614. The highest BCUT2D eigenvalue weighted by atomic mass is 19.1. The van der Waals surface area contributed by atoms with Crippen molar-refractivity contribution in [2.75, 3.05) is 31.6 Å². The van der Waals surface area contributed by atoms with Crippen molar-refractivity contribution in [3.63, 3.8) is 0 Å². The molecule has 11 nitrogen and oxygen atoms in total. The lowest BCUT2D eigenvalue weighted by atomic mass is 9.99. The van der Waals surface area contributed by atoms with Gasteiger partial charge in [-0.15, -0.1) is 0 Å². The molecule has 5 aromatic rings. The van der Waals surface area contributed by atoms with Gasteiger partial charge in [0.15, 0.2) is 5.65 Å². The first-order valence-electron chi connectivity index (χ1n) is 20.0. The molecule has 2 aliphatic rings. The fourth-order valence-electron chi connectivity index (χ4n) is 7.88. The third-order valence-corrected chi connectivity index (χ3v) is 11.0. The molecule has 12 heteroatoms. The van der Waals surface area contributed by atoms with Crippen molar-refractivity contribution in [2.24, 2.45) is 5.73 Å². The van der Waals surface area contributed by atoms with Crippen LogP contribution in [0.3, 0.4) is 0 Å². The number of amides is 2. The Morgan fingerprint density at radius 1 is 0.964 bits per heavy atom. The molecule has 0 radical (unpaired) electrons. The molecule has 1 unspecified atom stereocenters. The van der Waals surface area contributed by atoms with Crippen LogP contribution in [0.4, 0.5) is 10.1 Å². The molecule has 2 aromatic heterocycles. The van der Waals surface area contributed by atoms with E-state index in [1.807, 2.05) is 42.1 Å². The number of nitrogens with one attached hydrogen (secondary N) is 3. The summed E-state index contributed by atoms with van der Waals surface area (Å²) < 4.78 is 23.3. The molecule has 2 fully saturated rings. The Hall–Kier alpha value is -5.17. The second-order valence-electron chi connectivity index (χ2n) is 14.9. The minimum absolute atomic E-state index is 0.175. The van der Waals surface area contributed by atoms with Gasteiger partial charge in [-0.3, -0.25) is 9.59 Å². The summed E-state index contributed by atoms with van der Waals surface area (Å²) in [7, 11) is 0. The van der Waals surface area contributed by atoms with E-state index < -0.39 is 5.91 Å². The minimum Gasteiger partial charge on any atom is -0.381 e. The molecule has 3 aromatic carbocycles. The van der Waals surface area contributed by atoms with Gasteiger partial charge in [0.2, 0.25) is 5.91 Å². The first kappa shape index (κ1) is 39.1. The van der Waals surface area contributed by atoms with Crippen LogP contribution < -0.4 is 21.7 Å². The number of nitrogens with zero attached hydrogens (tertiary/aromatic N) is 4. The van der Waals surface area contributed by atoms with Crippen molar-refractivity contribution < 1.29 is 18.7 Å². The smallest absolute Gasteiger partial charge is 0.254 e. The zero-order chi connectivity index (χ0) is 39.0. The van der Waals surface area contributed by atoms with Gasteiger partial charge >= 0.3 is 0 Å². The molecule has 56 heavy (non-hydrogen) atoms. The number of anilines is 1. The lowest BCUT2D eigenvalue weighted by Crippen LogP contribution is -2.36. The number of aryl methyl sites for hydroxylation is 2. The average Bonchev–Trinajstić information content (AvgIpc) is 3.46. The van der Waals surface area contributed by atoms with Gasteiger partial charge in [0.1, 0.15) is 5.82 Å². The second kappa shape index (κ2) is 18.2. The van der Waals surface area contributed by atoms with Crippen LogP contribution >= 0.6 is 0 Å². The maximum absolute atomic E-state index is 15.7. The second-order valence-corrected chi connectivity index (χ2v) is 14.9. The normalized spacial score (nSPS) is 16.4. The van der Waals surface area contributed by atoms with Crippen LogP contribution in [0.25, 0.3) is 22.2 Å². The third kappa shape index (κ3) is 9.09. The molecule has 1 atom stereocenters. The number of carbonyl (C=O) groups excluding carboxylic acids is 2. The predicted octanol–water partition coefficient (Wildman–Crippen LogP) is 6.58. The molecular weight excluding hydrogens is 708 g/mol. The topological polar surface area (TPSA) is 139 Å². The van der Waals surface area contributed by atoms with Crippen LogP contribution in [0, 0.1) is 5.82 Å². The van der Waals surface area contributed by atoms with E-state index in [1.165, 1.54) is 25.0 Å². The Balaban J connectivity index is 1.25. The van der Waals surface area contributed by atoms with E-state index in [4.69, 9.17) is 15.5 Å². The largest absolute Gasteiger partial charge is 0.381 e. The summed E-state index contributed by atoms with van der Waals surface area (Å²) in [6, 6.07) is 20.1. The van der Waals surface area contributed by atoms with E-state index >= 15 is 4.39 Å². The predicted molar refractivity (Wildman–Crippen MR) is 218 cm³/mol. The zero-order valence-electron chi connectivity index (χ0n) is 32.5. The summed E-state index contributed by atoms with van der Waals surface area (Å²) in [6.45, 7) is 9.17. The Morgan fingerprint density at radius 3 is 2.59 bits per heavy atom. The maximum Gasteiger partial charge on any atom is 0.254 e. The van der Waals surface area contributed by atoms with Crippen molar-refractivity contribution in [3.8, 4) is 11.1 Å². The number of rotatable bonds is 14. The van der Waals surface area contributed by atoms with Crippen LogP contribution in [0.5, 0.6) is 0 Å². The van der Waals surface area contributed by atoms with Crippen LogP contribution in [-0.4, -0.2) is 69.9 Å². The van der Waals surface area contributed by atoms with Crippen molar-refractivity contribution in [1.82, 2.24) is 30.3 Å². The Bertz CT molecular complexity index is 2160. The number of ether oxygens (including phenoxy) is 1. The van der Waals surface area contributed by atoms with Crippen molar-refractivity contribution in [3.05, 3.63) is 112 Å². The molecule has 0 aliphatic carbocycles. The molecular formula is C44H53FN8O3. The Kier molecular flexibility index (Phi) is 12.7. The number of hydrogen-bond donors (Lipinski definition) is 4. The van der Waals surface area contributed by atoms with Crippen LogP contribution in [0.15, 0.2) is 72.9 Å². The first-order chi connectivity index (χ1) is 27.3. The van der Waals surface area contributed by atoms with E-state index in [0.29, 0.717) is 49.9 Å². The lowest BCUT2D eigenvalue weighted by Gasteiger charge is -2.29. The highest BCUT2D eigenvalue weighted by Gasteiger charge is 2.26. The summed E-state index contributed by atoms with van der Waals surface area (Å²) >= 11 is 0. The zero-order valence-corrected chi connectivity index (χ0v) is 32.5. The molecule has 294 valence electrons. The van der Waals surface area contributed by atoms with Gasteiger partial charge in [-0.1, -0.05) is 43.7 Å². The molecule has 2 amide bonds. The van der Waals surface area contributed by atoms with E-state index in [0.717, 1.165) is 77.0 Å². The fourth-order valence-corrected chi connectivity index (χ4v) is 7.88. The molecule has 0 spiro atoms. The van der Waals surface area contributed by atoms with Crippen molar-refractivity contribution >= 4 is 28.5 Å². The van der Waals surface area contributed by atoms with Gasteiger partial charge in [0.25, 0.3) is 5.91 Å². The number of nitrogens with two attached hydrogens (primary N) is 1. The number of carbonyl (C=O) groups is 2. The van der Waals surface area contributed by atoms with Crippen LogP contribution in [0.1, 0.15) is 89.1 Å². The SMILES string of the molecule is CCc1nc2c(cnn2CC)c(NC2CCOCC2)c1CN(Cc1ccc(F)c(-c2cccc(CNC3CCCCNC3)c2)c1)C(=O)c1cccc(C(N)=O)c1. The highest BCUT2D eigenvalue weighted by Crippen LogP contribution is 2.34. The van der Waals surface area contributed by atoms with Crippen molar-refractivity contribution in [2.45, 2.75) is 90.6 Å². The van der Waals surface area contributed by atoms with Gasteiger partial charge < -0.3 is 31.3 Å². The summed E-state index contributed by atoms with van der Waals surface area (Å²) in [4.78, 5) is 33.7. The van der Waals surface area contributed by atoms with E-state index in [1.54, 1.807) is 29.2 Å². The molecule has 4 heterocycles. The van der Waals surface area contributed by atoms with E-state index in [-0.39, 0.29) is 36.4 Å². The van der Waals surface area contributed by atoms with Gasteiger partial charge in [0.05, 0.1) is 23.8 Å². The average molecular weight is 761 g/mol. The summed E-state index contributed by atoms with van der Waals surface area (Å²) in [6.07, 6.45) is 7.70. The monoisotopic (exact) mass is 760 g/mol. The highest BCUT2D eigenvalue weighted by molar-refractivity contribution is 5.99. The lowest BCUT2D eigenvalue weighted by molar-refractivity contribution is 0.0729. The number of benzene rings is 3. The van der Waals surface area contributed by atoms with Crippen LogP contribution in [0.2, 0.25) is 0 Å². The molecule has 0 bridgehead atoms. The molecule has 5 N–H and O–H groups in total. The maximum atomic E-state index is 15.7. The number of fused-ring (bicyclic) bond motifs is 1. The summed E-state index contributed by atoms with van der Waals surface area (Å²) in [5.41, 5.74) is 12.8. The number of pyridine rings is 1. The number of aromatic nitrogens is 3. The summed E-state index contributed by atoms with van der Waals surface area (Å²) in [5, 5.41) is 16.5. The first-order valence-corrected chi connectivity index (χ1v) is 20.0. The van der Waals surface area contributed by atoms with Gasteiger partial charge in [0, 0.05) is 79.4 Å². The molecule has 2 aliphatic heterocycles. The molecule has 0 saturated carbocycles. The molecule has 7 rings (SSSR count). The van der Waals surface area contributed by atoms with E-state index in [9.17, 15) is 9.59 Å². The fraction of sp³-hybridized carbons (Fsp3) is 0.409.